The average Bonchev–Trinajstić information content (AvgIpc) is 2.63. The van der Waals surface area contributed by atoms with Crippen LogP contribution in [-0.2, 0) is 11.8 Å². The van der Waals surface area contributed by atoms with Gasteiger partial charge in [0, 0.05) is 29.9 Å². The summed E-state index contributed by atoms with van der Waals surface area (Å²) in [4.78, 5) is 35.2. The number of anilines is 1. The Bertz CT molecular complexity index is 1040. The Morgan fingerprint density at radius 2 is 1.81 bits per heavy atom. The lowest BCUT2D eigenvalue weighted by molar-refractivity contribution is -0.118. The molecule has 3 N–H and O–H groups in total. The fraction of sp³-hybridized carbons (Fsp3) is 0.105. The number of hydrogen-bond acceptors (Lipinski definition) is 4. The van der Waals surface area contributed by atoms with Crippen molar-refractivity contribution in [2.75, 3.05) is 11.9 Å². The van der Waals surface area contributed by atoms with Crippen LogP contribution < -0.4 is 21.3 Å². The Balaban J connectivity index is 1.70. The quantitative estimate of drug-likeness (QED) is 0.729. The number of aryl methyl sites for hydroxylation is 1. The third kappa shape index (κ3) is 3.56. The maximum Gasteiger partial charge on any atom is 0.262 e. The van der Waals surface area contributed by atoms with Crippen molar-refractivity contribution in [2.24, 2.45) is 12.8 Å². The molecule has 132 valence electrons. The Kier molecular flexibility index (Phi) is 4.70. The number of hydrogen-bond donors (Lipinski definition) is 2. The maximum atomic E-state index is 12.1. The summed E-state index contributed by atoms with van der Waals surface area (Å²) in [6.45, 7) is -0.216. The molecule has 0 radical (unpaired) electrons. The lowest BCUT2D eigenvalue weighted by Gasteiger charge is -2.10. The van der Waals surface area contributed by atoms with Gasteiger partial charge >= 0.3 is 0 Å². The number of primary amides is 1. The molecule has 0 unspecified atom stereocenters. The van der Waals surface area contributed by atoms with Crippen molar-refractivity contribution in [1.82, 2.24) is 4.57 Å². The number of carbonyl (C=O) groups is 2. The minimum Gasteiger partial charge on any atom is -0.483 e. The van der Waals surface area contributed by atoms with Gasteiger partial charge in [-0.2, -0.15) is 0 Å². The Morgan fingerprint density at radius 3 is 2.50 bits per heavy atom. The van der Waals surface area contributed by atoms with Gasteiger partial charge in [0.05, 0.1) is 5.39 Å². The fourth-order valence-corrected chi connectivity index (χ4v) is 2.53. The summed E-state index contributed by atoms with van der Waals surface area (Å²) in [5.41, 5.74) is 5.92. The van der Waals surface area contributed by atoms with E-state index in [0.717, 1.165) is 0 Å². The van der Waals surface area contributed by atoms with Crippen molar-refractivity contribution < 1.29 is 14.3 Å². The highest BCUT2D eigenvalue weighted by Gasteiger charge is 2.09. The standard InChI is InChI=1S/C19H17N3O4/c1-22-10-9-14-15(19(22)25)3-2-4-16(14)26-11-17(23)21-13-7-5-12(6-8-13)18(20)24/h2-10H,11H2,1H3,(H2,20,24)(H,21,23). The summed E-state index contributed by atoms with van der Waals surface area (Å²) in [6, 6.07) is 13.1. The first-order valence-electron chi connectivity index (χ1n) is 7.86. The van der Waals surface area contributed by atoms with Crippen LogP contribution in [0.4, 0.5) is 5.69 Å². The van der Waals surface area contributed by atoms with Crippen LogP contribution >= 0.6 is 0 Å². The molecule has 0 spiro atoms. The zero-order chi connectivity index (χ0) is 18.7. The minimum absolute atomic E-state index is 0.132. The molecule has 0 aliphatic rings. The van der Waals surface area contributed by atoms with E-state index in [0.29, 0.717) is 27.8 Å². The molecule has 0 bridgehead atoms. The van der Waals surface area contributed by atoms with Crippen molar-refractivity contribution in [2.45, 2.75) is 0 Å². The molecule has 7 nitrogen and oxygen atoms in total. The van der Waals surface area contributed by atoms with Crippen LogP contribution in [0.25, 0.3) is 10.8 Å². The molecule has 26 heavy (non-hydrogen) atoms. The number of benzene rings is 2. The molecule has 0 aliphatic carbocycles. The maximum absolute atomic E-state index is 12.1. The van der Waals surface area contributed by atoms with Gasteiger partial charge in [0.25, 0.3) is 11.5 Å². The zero-order valence-electron chi connectivity index (χ0n) is 14.1. The van der Waals surface area contributed by atoms with E-state index in [2.05, 4.69) is 5.32 Å². The van der Waals surface area contributed by atoms with Gasteiger partial charge in [-0.05, 0) is 42.5 Å². The van der Waals surface area contributed by atoms with E-state index in [9.17, 15) is 14.4 Å². The van der Waals surface area contributed by atoms with Crippen LogP contribution in [0.5, 0.6) is 5.75 Å². The molecule has 7 heteroatoms. The third-order valence-corrected chi connectivity index (χ3v) is 3.89. The Morgan fingerprint density at radius 1 is 1.08 bits per heavy atom. The van der Waals surface area contributed by atoms with Crippen LogP contribution in [0.3, 0.4) is 0 Å². The van der Waals surface area contributed by atoms with Crippen LogP contribution in [0.1, 0.15) is 10.4 Å². The van der Waals surface area contributed by atoms with E-state index in [4.69, 9.17) is 10.5 Å². The summed E-state index contributed by atoms with van der Waals surface area (Å²) in [7, 11) is 1.67. The predicted molar refractivity (Wildman–Crippen MR) is 98.3 cm³/mol. The molecule has 3 rings (SSSR count). The highest BCUT2D eigenvalue weighted by Crippen LogP contribution is 2.23. The second kappa shape index (κ2) is 7.10. The number of ether oxygens (including phenoxy) is 1. The number of rotatable bonds is 5. The molecule has 0 aliphatic heterocycles. The van der Waals surface area contributed by atoms with Gasteiger partial charge in [0.15, 0.2) is 6.61 Å². The molecule has 2 aromatic carbocycles. The van der Waals surface area contributed by atoms with Crippen molar-refractivity contribution in [1.29, 1.82) is 0 Å². The van der Waals surface area contributed by atoms with Crippen LogP contribution in [0.15, 0.2) is 59.5 Å². The van der Waals surface area contributed by atoms with Gasteiger partial charge in [-0.3, -0.25) is 14.4 Å². The lowest BCUT2D eigenvalue weighted by atomic mass is 10.1. The topological polar surface area (TPSA) is 103 Å². The van der Waals surface area contributed by atoms with Gasteiger partial charge in [-0.1, -0.05) is 6.07 Å². The third-order valence-electron chi connectivity index (χ3n) is 3.89. The molecule has 2 amide bonds. The average molecular weight is 351 g/mol. The summed E-state index contributed by atoms with van der Waals surface area (Å²) in [5, 5.41) is 3.84. The summed E-state index contributed by atoms with van der Waals surface area (Å²) < 4.78 is 7.06. The van der Waals surface area contributed by atoms with E-state index in [1.54, 1.807) is 49.6 Å². The van der Waals surface area contributed by atoms with Gasteiger partial charge < -0.3 is 20.4 Å². The van der Waals surface area contributed by atoms with Crippen LogP contribution in [0.2, 0.25) is 0 Å². The van der Waals surface area contributed by atoms with E-state index in [1.807, 2.05) is 0 Å². The second-order valence-electron chi connectivity index (χ2n) is 5.73. The number of fused-ring (bicyclic) bond motifs is 1. The first kappa shape index (κ1) is 17.2. The van der Waals surface area contributed by atoms with E-state index in [1.165, 1.54) is 16.7 Å². The largest absolute Gasteiger partial charge is 0.483 e. The Labute approximate surface area is 149 Å². The van der Waals surface area contributed by atoms with Crippen LogP contribution in [-0.4, -0.2) is 23.0 Å². The van der Waals surface area contributed by atoms with Crippen molar-refractivity contribution in [3.63, 3.8) is 0 Å². The second-order valence-corrected chi connectivity index (χ2v) is 5.73. The number of nitrogens with zero attached hydrogens (tertiary/aromatic N) is 1. The molecule has 1 heterocycles. The van der Waals surface area contributed by atoms with Gasteiger partial charge in [0.2, 0.25) is 5.91 Å². The lowest BCUT2D eigenvalue weighted by Crippen LogP contribution is -2.21. The number of carbonyl (C=O) groups excluding carboxylic acids is 2. The number of nitrogens with two attached hydrogens (primary N) is 1. The molecule has 3 aromatic rings. The normalized spacial score (nSPS) is 10.5. The smallest absolute Gasteiger partial charge is 0.262 e. The van der Waals surface area contributed by atoms with Crippen molar-refractivity contribution in [3.05, 3.63) is 70.6 Å². The van der Waals surface area contributed by atoms with Crippen molar-refractivity contribution >= 4 is 28.3 Å². The minimum atomic E-state index is -0.534. The highest BCUT2D eigenvalue weighted by molar-refractivity contribution is 5.95. The first-order valence-corrected chi connectivity index (χ1v) is 7.86. The van der Waals surface area contributed by atoms with Gasteiger partial charge in [0.1, 0.15) is 5.75 Å². The number of pyridine rings is 1. The summed E-state index contributed by atoms with van der Waals surface area (Å²) in [6.07, 6.45) is 1.65. The van der Waals surface area contributed by atoms with E-state index >= 15 is 0 Å². The zero-order valence-corrected chi connectivity index (χ0v) is 14.1. The van der Waals surface area contributed by atoms with Crippen LogP contribution in [0, 0.1) is 0 Å². The molecule has 0 atom stereocenters. The highest BCUT2D eigenvalue weighted by atomic mass is 16.5. The predicted octanol–water partition coefficient (Wildman–Crippen LogP) is 1.65. The molecule has 0 fully saturated rings. The van der Waals surface area contributed by atoms with Crippen molar-refractivity contribution in [3.8, 4) is 5.75 Å². The summed E-state index contributed by atoms with van der Waals surface area (Å²) >= 11 is 0. The monoisotopic (exact) mass is 351 g/mol. The van der Waals surface area contributed by atoms with E-state index in [-0.39, 0.29) is 18.1 Å². The number of nitrogens with one attached hydrogen (secondary N) is 1. The number of aromatic nitrogens is 1. The molecular formula is C19H17N3O4. The molecule has 0 saturated carbocycles. The molecule has 0 saturated heterocycles. The van der Waals surface area contributed by atoms with E-state index < -0.39 is 5.91 Å². The molecule has 1 aromatic heterocycles. The Hall–Kier alpha value is -3.61. The number of amides is 2. The van der Waals surface area contributed by atoms with Gasteiger partial charge in [-0.25, -0.2) is 0 Å². The van der Waals surface area contributed by atoms with Gasteiger partial charge in [-0.15, -0.1) is 0 Å². The molecular weight excluding hydrogens is 334 g/mol. The first-order chi connectivity index (χ1) is 12.5. The summed E-state index contributed by atoms with van der Waals surface area (Å²) in [5.74, 6) is -0.439. The SMILES string of the molecule is Cn1ccc2c(OCC(=O)Nc3ccc(C(N)=O)cc3)cccc2c1=O. The fourth-order valence-electron chi connectivity index (χ4n) is 2.53.